The van der Waals surface area contributed by atoms with Crippen molar-refractivity contribution in [3.63, 3.8) is 0 Å². The van der Waals surface area contributed by atoms with E-state index < -0.39 is 11.7 Å². The number of halogens is 1. The molecule has 1 aliphatic rings. The number of benzene rings is 2. The Kier molecular flexibility index (Phi) is 3.51. The highest BCUT2D eigenvalue weighted by molar-refractivity contribution is 5.98. The minimum atomic E-state index is -0.698. The van der Waals surface area contributed by atoms with E-state index in [1.165, 1.54) is 23.6 Å². The van der Waals surface area contributed by atoms with Crippen LogP contribution < -0.4 is 10.5 Å². The molecule has 0 saturated carbocycles. The molecular formula is C20H14FN3O2. The van der Waals surface area contributed by atoms with E-state index in [1.807, 2.05) is 18.2 Å². The molecule has 0 saturated heterocycles. The fourth-order valence-corrected chi connectivity index (χ4v) is 3.51. The summed E-state index contributed by atoms with van der Waals surface area (Å²) in [5.74, 6) is -0.986. The van der Waals surface area contributed by atoms with Crippen LogP contribution in [0.4, 0.5) is 4.39 Å². The summed E-state index contributed by atoms with van der Waals surface area (Å²) in [7, 11) is 0. The van der Waals surface area contributed by atoms with Gasteiger partial charge < -0.3 is 10.5 Å². The zero-order chi connectivity index (χ0) is 18.4. The topological polar surface area (TPSA) is 81.0 Å². The smallest absolute Gasteiger partial charge is 0.228 e. The Morgan fingerprint density at radius 1 is 1.27 bits per heavy atom. The number of rotatable bonds is 1. The second-order valence-electron chi connectivity index (χ2n) is 6.07. The fraction of sp³-hybridized carbons (Fsp3) is 0.100. The first-order valence-electron chi connectivity index (χ1n) is 8.00. The molecule has 2 heterocycles. The summed E-state index contributed by atoms with van der Waals surface area (Å²) in [6.45, 7) is 1.43. The van der Waals surface area contributed by atoms with Gasteiger partial charge in [-0.2, -0.15) is 5.26 Å². The minimum Gasteiger partial charge on any atom is -0.438 e. The number of aromatic nitrogens is 1. The second kappa shape index (κ2) is 5.74. The minimum absolute atomic E-state index is 0.0410. The van der Waals surface area contributed by atoms with Crippen LogP contribution in [0.1, 0.15) is 28.9 Å². The SMILES string of the molecule is CC(=O)n1c2c(c3ccccc31)OC(N)=C(C#N)C2c1cccc(F)c1. The second-order valence-corrected chi connectivity index (χ2v) is 6.07. The number of nitrogens with two attached hydrogens (primary N) is 1. The molecule has 1 aromatic heterocycles. The Bertz CT molecular complexity index is 1140. The predicted octanol–water partition coefficient (Wildman–Crippen LogP) is 3.66. The summed E-state index contributed by atoms with van der Waals surface area (Å²) in [5.41, 5.74) is 7.80. The van der Waals surface area contributed by atoms with Crippen molar-refractivity contribution in [2.45, 2.75) is 12.8 Å². The number of fused-ring (bicyclic) bond motifs is 3. The van der Waals surface area contributed by atoms with Crippen LogP contribution in [-0.4, -0.2) is 10.5 Å². The van der Waals surface area contributed by atoms with Crippen molar-refractivity contribution in [3.8, 4) is 11.8 Å². The van der Waals surface area contributed by atoms with Crippen LogP contribution in [0.2, 0.25) is 0 Å². The highest BCUT2D eigenvalue weighted by atomic mass is 19.1. The summed E-state index contributed by atoms with van der Waals surface area (Å²) >= 11 is 0. The van der Waals surface area contributed by atoms with Gasteiger partial charge in [0.25, 0.3) is 0 Å². The number of allylic oxidation sites excluding steroid dienone is 1. The number of hydrogen-bond acceptors (Lipinski definition) is 4. The van der Waals surface area contributed by atoms with Crippen LogP contribution in [0, 0.1) is 17.1 Å². The molecule has 4 rings (SSSR count). The van der Waals surface area contributed by atoms with Gasteiger partial charge in [-0.1, -0.05) is 24.3 Å². The molecule has 5 nitrogen and oxygen atoms in total. The molecular weight excluding hydrogens is 333 g/mol. The summed E-state index contributed by atoms with van der Waals surface area (Å²) in [5, 5.41) is 10.3. The van der Waals surface area contributed by atoms with Gasteiger partial charge in [0.15, 0.2) is 5.75 Å². The predicted molar refractivity (Wildman–Crippen MR) is 93.9 cm³/mol. The van der Waals surface area contributed by atoms with E-state index in [0.29, 0.717) is 27.9 Å². The molecule has 1 unspecified atom stereocenters. The van der Waals surface area contributed by atoms with Crippen molar-refractivity contribution in [1.82, 2.24) is 4.57 Å². The van der Waals surface area contributed by atoms with Gasteiger partial charge >= 0.3 is 0 Å². The van der Waals surface area contributed by atoms with Crippen molar-refractivity contribution in [1.29, 1.82) is 5.26 Å². The van der Waals surface area contributed by atoms with Gasteiger partial charge in [-0.3, -0.25) is 9.36 Å². The molecule has 0 bridgehead atoms. The first kappa shape index (κ1) is 15.9. The average molecular weight is 347 g/mol. The van der Waals surface area contributed by atoms with Crippen LogP contribution in [-0.2, 0) is 0 Å². The van der Waals surface area contributed by atoms with Gasteiger partial charge in [0.1, 0.15) is 17.5 Å². The van der Waals surface area contributed by atoms with Gasteiger partial charge in [0.05, 0.1) is 17.1 Å². The van der Waals surface area contributed by atoms with E-state index >= 15 is 0 Å². The number of ether oxygens (including phenoxy) is 1. The third kappa shape index (κ3) is 2.18. The van der Waals surface area contributed by atoms with Crippen LogP contribution in [0.3, 0.4) is 0 Å². The van der Waals surface area contributed by atoms with Crippen LogP contribution >= 0.6 is 0 Å². The molecule has 0 radical (unpaired) electrons. The highest BCUT2D eigenvalue weighted by Gasteiger charge is 2.37. The van der Waals surface area contributed by atoms with Gasteiger partial charge in [-0.15, -0.1) is 0 Å². The van der Waals surface area contributed by atoms with E-state index in [4.69, 9.17) is 10.5 Å². The van der Waals surface area contributed by atoms with Crippen LogP contribution in [0.15, 0.2) is 60.0 Å². The maximum Gasteiger partial charge on any atom is 0.228 e. The lowest BCUT2D eigenvalue weighted by atomic mass is 9.87. The monoisotopic (exact) mass is 347 g/mol. The van der Waals surface area contributed by atoms with Gasteiger partial charge in [0, 0.05) is 12.3 Å². The van der Waals surface area contributed by atoms with Gasteiger partial charge in [-0.05, 0) is 29.8 Å². The lowest BCUT2D eigenvalue weighted by Gasteiger charge is -2.25. The van der Waals surface area contributed by atoms with Crippen molar-refractivity contribution in [2.75, 3.05) is 0 Å². The molecule has 6 heteroatoms. The van der Waals surface area contributed by atoms with Crippen molar-refractivity contribution >= 4 is 16.8 Å². The largest absolute Gasteiger partial charge is 0.438 e. The highest BCUT2D eigenvalue weighted by Crippen LogP contribution is 2.47. The molecule has 1 aliphatic heterocycles. The number of para-hydroxylation sites is 1. The normalized spacial score (nSPS) is 16.1. The molecule has 0 amide bonds. The first-order valence-corrected chi connectivity index (χ1v) is 8.00. The van der Waals surface area contributed by atoms with E-state index in [9.17, 15) is 14.4 Å². The number of carbonyl (C=O) groups excluding carboxylic acids is 1. The number of carbonyl (C=O) groups is 1. The van der Waals surface area contributed by atoms with Crippen molar-refractivity contribution in [3.05, 3.63) is 77.1 Å². The van der Waals surface area contributed by atoms with Gasteiger partial charge in [-0.25, -0.2) is 4.39 Å². The lowest BCUT2D eigenvalue weighted by Crippen LogP contribution is -2.24. The first-order chi connectivity index (χ1) is 12.5. The quantitative estimate of drug-likeness (QED) is 0.728. The number of hydrogen-bond donors (Lipinski definition) is 1. The van der Waals surface area contributed by atoms with Crippen molar-refractivity contribution < 1.29 is 13.9 Å². The maximum atomic E-state index is 13.9. The number of nitriles is 1. The Morgan fingerprint density at radius 3 is 2.73 bits per heavy atom. The molecule has 0 spiro atoms. The Balaban J connectivity index is 2.13. The molecule has 1 atom stereocenters. The molecule has 2 aromatic carbocycles. The Labute approximate surface area is 148 Å². The maximum absolute atomic E-state index is 13.9. The van der Waals surface area contributed by atoms with Gasteiger partial charge in [0.2, 0.25) is 11.8 Å². The zero-order valence-electron chi connectivity index (χ0n) is 13.9. The van der Waals surface area contributed by atoms with E-state index in [2.05, 4.69) is 6.07 Å². The molecule has 0 aliphatic carbocycles. The van der Waals surface area contributed by atoms with Crippen molar-refractivity contribution in [2.24, 2.45) is 5.73 Å². The van der Waals surface area contributed by atoms with E-state index in [1.54, 1.807) is 18.2 Å². The molecule has 128 valence electrons. The third-order valence-electron chi connectivity index (χ3n) is 4.52. The average Bonchev–Trinajstić information content (AvgIpc) is 2.94. The Hall–Kier alpha value is -3.59. The standard InChI is InChI=1S/C20H14FN3O2/c1-11(25)24-16-8-3-2-7-14(16)19-18(24)17(15(10-22)20(23)26-19)12-5-4-6-13(21)9-12/h2-9,17H,23H2,1H3. The molecule has 3 aromatic rings. The van der Waals surface area contributed by atoms with E-state index in [0.717, 1.165) is 0 Å². The summed E-state index contributed by atoms with van der Waals surface area (Å²) in [6.07, 6.45) is 0. The summed E-state index contributed by atoms with van der Waals surface area (Å²) in [4.78, 5) is 12.4. The third-order valence-corrected chi connectivity index (χ3v) is 4.52. The summed E-state index contributed by atoms with van der Waals surface area (Å²) < 4.78 is 21.1. The molecule has 26 heavy (non-hydrogen) atoms. The van der Waals surface area contributed by atoms with Crippen LogP contribution in [0.5, 0.6) is 5.75 Å². The zero-order valence-corrected chi connectivity index (χ0v) is 13.9. The Morgan fingerprint density at radius 2 is 2.04 bits per heavy atom. The number of nitrogens with zero attached hydrogens (tertiary/aromatic N) is 2. The van der Waals surface area contributed by atoms with Crippen LogP contribution in [0.25, 0.3) is 10.9 Å². The summed E-state index contributed by atoms with van der Waals surface area (Å²) in [6, 6.07) is 15.2. The lowest BCUT2D eigenvalue weighted by molar-refractivity contribution is 0.0937. The molecule has 0 fully saturated rings. The van der Waals surface area contributed by atoms with E-state index in [-0.39, 0.29) is 17.4 Å². The fourth-order valence-electron chi connectivity index (χ4n) is 3.51. The molecule has 2 N–H and O–H groups in total.